The number of anilines is 1. The summed E-state index contributed by atoms with van der Waals surface area (Å²) in [6.07, 6.45) is 3.88. The minimum Gasteiger partial charge on any atom is -0.389 e. The quantitative estimate of drug-likeness (QED) is 0.821. The summed E-state index contributed by atoms with van der Waals surface area (Å²) < 4.78 is 5.21. The minimum atomic E-state index is -0.500. The summed E-state index contributed by atoms with van der Waals surface area (Å²) in [6.45, 7) is 5.52. The molecule has 0 bridgehead atoms. The van der Waals surface area contributed by atoms with Gasteiger partial charge in [0.05, 0.1) is 12.7 Å². The molecule has 0 radical (unpaired) electrons. The van der Waals surface area contributed by atoms with Crippen LogP contribution in [0.1, 0.15) is 38.4 Å². The molecule has 1 aliphatic carbocycles. The van der Waals surface area contributed by atoms with Gasteiger partial charge < -0.3 is 14.7 Å². The van der Waals surface area contributed by atoms with Gasteiger partial charge in [0.1, 0.15) is 5.82 Å². The summed E-state index contributed by atoms with van der Waals surface area (Å²) in [5, 5.41) is 9.92. The Balaban J connectivity index is 2.25. The van der Waals surface area contributed by atoms with E-state index in [0.29, 0.717) is 12.6 Å². The molecule has 0 aliphatic heterocycles. The molecule has 1 aromatic heterocycles. The first kappa shape index (κ1) is 14.3. The molecule has 4 nitrogen and oxygen atoms in total. The highest BCUT2D eigenvalue weighted by atomic mass is 16.5. The van der Waals surface area contributed by atoms with Gasteiger partial charge in [-0.05, 0) is 38.7 Å². The van der Waals surface area contributed by atoms with Gasteiger partial charge in [0, 0.05) is 31.5 Å². The maximum absolute atomic E-state index is 9.92. The summed E-state index contributed by atoms with van der Waals surface area (Å²) in [4.78, 5) is 6.78. The maximum Gasteiger partial charge on any atom is 0.134 e. The van der Waals surface area contributed by atoms with Crippen LogP contribution in [0.15, 0.2) is 18.3 Å². The van der Waals surface area contributed by atoms with E-state index >= 15 is 0 Å². The van der Waals surface area contributed by atoms with Crippen molar-refractivity contribution in [1.82, 2.24) is 4.98 Å². The van der Waals surface area contributed by atoms with Crippen LogP contribution in [0.2, 0.25) is 0 Å². The van der Waals surface area contributed by atoms with Crippen molar-refractivity contribution >= 4 is 5.82 Å². The molecule has 1 heterocycles. The van der Waals surface area contributed by atoms with Gasteiger partial charge in [-0.3, -0.25) is 0 Å². The molecule has 0 amide bonds. The van der Waals surface area contributed by atoms with Crippen molar-refractivity contribution in [2.75, 3.05) is 25.2 Å². The van der Waals surface area contributed by atoms with E-state index in [1.165, 1.54) is 12.8 Å². The van der Waals surface area contributed by atoms with Gasteiger partial charge >= 0.3 is 0 Å². The Bertz CT molecular complexity index is 405. The molecule has 1 fully saturated rings. The summed E-state index contributed by atoms with van der Waals surface area (Å²) >= 11 is 0. The van der Waals surface area contributed by atoms with E-state index in [1.54, 1.807) is 20.2 Å². The number of hydrogen-bond donors (Lipinski definition) is 1. The Morgan fingerprint density at radius 2 is 2.21 bits per heavy atom. The van der Waals surface area contributed by atoms with Gasteiger partial charge in [-0.1, -0.05) is 6.07 Å². The second-order valence-electron chi connectivity index (χ2n) is 5.36. The Kier molecular flexibility index (Phi) is 4.77. The topological polar surface area (TPSA) is 45.6 Å². The molecule has 2 unspecified atom stereocenters. The van der Waals surface area contributed by atoms with Crippen LogP contribution in [0.5, 0.6) is 0 Å². The van der Waals surface area contributed by atoms with Gasteiger partial charge in [-0.25, -0.2) is 4.98 Å². The first-order valence-electron chi connectivity index (χ1n) is 7.03. The van der Waals surface area contributed by atoms with Crippen LogP contribution in [0.4, 0.5) is 5.82 Å². The van der Waals surface area contributed by atoms with E-state index in [-0.39, 0.29) is 0 Å². The lowest BCUT2D eigenvalue weighted by molar-refractivity contribution is 0.195. The Hall–Kier alpha value is -1.13. The van der Waals surface area contributed by atoms with Gasteiger partial charge in [0.25, 0.3) is 0 Å². The fourth-order valence-electron chi connectivity index (χ4n) is 2.50. The number of hydrogen-bond acceptors (Lipinski definition) is 4. The zero-order chi connectivity index (χ0) is 13.8. The largest absolute Gasteiger partial charge is 0.389 e. The molecule has 19 heavy (non-hydrogen) atoms. The average molecular weight is 264 g/mol. The zero-order valence-corrected chi connectivity index (χ0v) is 12.0. The molecular formula is C15H24N2O2. The van der Waals surface area contributed by atoms with E-state index in [0.717, 1.165) is 23.8 Å². The maximum atomic E-state index is 9.92. The fourth-order valence-corrected chi connectivity index (χ4v) is 2.50. The average Bonchev–Trinajstić information content (AvgIpc) is 3.23. The zero-order valence-electron chi connectivity index (χ0n) is 12.0. The van der Waals surface area contributed by atoms with Crippen molar-refractivity contribution in [3.05, 3.63) is 23.9 Å². The lowest BCUT2D eigenvalue weighted by atomic mass is 10.1. The molecule has 1 saturated carbocycles. The Labute approximate surface area is 115 Å². The number of aliphatic hydroxyl groups is 1. The molecule has 1 N–H and O–H groups in total. The number of methoxy groups -OCH3 is 1. The number of nitrogens with zero attached hydrogens (tertiary/aromatic N) is 2. The van der Waals surface area contributed by atoms with E-state index in [9.17, 15) is 5.11 Å². The number of rotatable bonds is 7. The SMILES string of the molecule is COCCN(c1ncccc1C(C)O)C(C)C1CC1. The van der Waals surface area contributed by atoms with Crippen LogP contribution in [0.3, 0.4) is 0 Å². The molecule has 0 saturated heterocycles. The van der Waals surface area contributed by atoms with Crippen LogP contribution in [-0.4, -0.2) is 36.4 Å². The second kappa shape index (κ2) is 6.35. The molecule has 0 aromatic carbocycles. The second-order valence-corrected chi connectivity index (χ2v) is 5.36. The number of aromatic nitrogens is 1. The first-order chi connectivity index (χ1) is 9.15. The summed E-state index contributed by atoms with van der Waals surface area (Å²) in [6, 6.07) is 4.27. The summed E-state index contributed by atoms with van der Waals surface area (Å²) in [5.74, 6) is 1.65. The predicted octanol–water partition coefficient (Wildman–Crippen LogP) is 2.39. The van der Waals surface area contributed by atoms with Crippen LogP contribution in [-0.2, 0) is 4.74 Å². The van der Waals surface area contributed by atoms with Crippen LogP contribution in [0.25, 0.3) is 0 Å². The van der Waals surface area contributed by atoms with Gasteiger partial charge in [-0.2, -0.15) is 0 Å². The van der Waals surface area contributed by atoms with Crippen molar-refractivity contribution in [2.45, 2.75) is 38.8 Å². The van der Waals surface area contributed by atoms with Gasteiger partial charge in [-0.15, -0.1) is 0 Å². The Morgan fingerprint density at radius 3 is 2.79 bits per heavy atom. The molecule has 106 valence electrons. The number of pyridine rings is 1. The van der Waals surface area contributed by atoms with E-state index in [4.69, 9.17) is 4.74 Å². The van der Waals surface area contributed by atoms with Crippen LogP contribution < -0.4 is 4.90 Å². The lowest BCUT2D eigenvalue weighted by Gasteiger charge is -2.32. The van der Waals surface area contributed by atoms with E-state index < -0.39 is 6.10 Å². The fraction of sp³-hybridized carbons (Fsp3) is 0.667. The highest BCUT2D eigenvalue weighted by Gasteiger charge is 2.33. The molecule has 1 aliphatic rings. The van der Waals surface area contributed by atoms with Crippen molar-refractivity contribution in [1.29, 1.82) is 0 Å². The van der Waals surface area contributed by atoms with Crippen molar-refractivity contribution in [3.63, 3.8) is 0 Å². The minimum absolute atomic E-state index is 0.447. The van der Waals surface area contributed by atoms with Crippen molar-refractivity contribution in [3.8, 4) is 0 Å². The smallest absolute Gasteiger partial charge is 0.134 e. The van der Waals surface area contributed by atoms with Gasteiger partial charge in [0.2, 0.25) is 0 Å². The molecule has 0 spiro atoms. The predicted molar refractivity (Wildman–Crippen MR) is 76.3 cm³/mol. The molecular weight excluding hydrogens is 240 g/mol. The third-order valence-corrected chi connectivity index (χ3v) is 3.87. The molecule has 1 aromatic rings. The third-order valence-electron chi connectivity index (χ3n) is 3.87. The van der Waals surface area contributed by atoms with Crippen molar-refractivity contribution in [2.24, 2.45) is 5.92 Å². The monoisotopic (exact) mass is 264 g/mol. The summed E-state index contributed by atoms with van der Waals surface area (Å²) in [7, 11) is 1.72. The summed E-state index contributed by atoms with van der Waals surface area (Å²) in [5.41, 5.74) is 0.895. The highest BCUT2D eigenvalue weighted by molar-refractivity contribution is 5.49. The van der Waals surface area contributed by atoms with E-state index in [2.05, 4.69) is 16.8 Å². The van der Waals surface area contributed by atoms with E-state index in [1.807, 2.05) is 12.1 Å². The normalized spacial score (nSPS) is 18.1. The third kappa shape index (κ3) is 3.45. The number of aliphatic hydroxyl groups excluding tert-OH is 1. The molecule has 4 heteroatoms. The van der Waals surface area contributed by atoms with Crippen LogP contribution >= 0.6 is 0 Å². The highest BCUT2D eigenvalue weighted by Crippen LogP contribution is 2.37. The number of ether oxygens (including phenoxy) is 1. The Morgan fingerprint density at radius 1 is 1.47 bits per heavy atom. The van der Waals surface area contributed by atoms with Crippen LogP contribution in [0, 0.1) is 5.92 Å². The standard InChI is InChI=1S/C15H24N2O2/c1-11(13-6-7-13)17(9-10-19-3)15-14(12(2)18)5-4-8-16-15/h4-5,8,11-13,18H,6-7,9-10H2,1-3H3. The molecule has 2 atom stereocenters. The van der Waals surface area contributed by atoms with Crippen molar-refractivity contribution < 1.29 is 9.84 Å². The van der Waals surface area contributed by atoms with Gasteiger partial charge in [0.15, 0.2) is 0 Å². The first-order valence-corrected chi connectivity index (χ1v) is 7.03. The molecule has 2 rings (SSSR count). The lowest BCUT2D eigenvalue weighted by Crippen LogP contribution is -2.38.